The number of nitrogens with zero attached hydrogens (tertiary/aromatic N) is 3. The van der Waals surface area contributed by atoms with E-state index in [1.54, 1.807) is 54.6 Å². The number of unbranched alkanes of at least 4 members (excludes halogenated alkanes) is 1. The zero-order valence-electron chi connectivity index (χ0n) is 28.3. The second kappa shape index (κ2) is 16.2. The Hall–Kier alpha value is -5.20. The number of aryl methyl sites for hydroxylation is 1. The van der Waals surface area contributed by atoms with Crippen molar-refractivity contribution in [3.63, 3.8) is 0 Å². The van der Waals surface area contributed by atoms with Gasteiger partial charge in [-0.25, -0.2) is 4.39 Å². The molecule has 5 aromatic rings. The summed E-state index contributed by atoms with van der Waals surface area (Å²) in [5.74, 6) is -0.377. The third-order valence-corrected chi connectivity index (χ3v) is 10.5. The summed E-state index contributed by atoms with van der Waals surface area (Å²) in [6.07, 6.45) is 1.82. The second-order valence-electron chi connectivity index (χ2n) is 11.8. The van der Waals surface area contributed by atoms with E-state index in [-0.39, 0.29) is 22.3 Å². The van der Waals surface area contributed by atoms with Gasteiger partial charge in [-0.15, -0.1) is 10.2 Å². The Morgan fingerprint density at radius 2 is 1.73 bits per heavy atom. The van der Waals surface area contributed by atoms with Crippen LogP contribution in [-0.4, -0.2) is 40.7 Å². The van der Waals surface area contributed by atoms with Crippen molar-refractivity contribution in [1.29, 1.82) is 0 Å². The van der Waals surface area contributed by atoms with E-state index in [0.717, 1.165) is 40.9 Å². The SMILES string of the molecule is CCCCOc1ccc(C2/C(=C(\O)c3ccc(OCc4ccccc4C)cc3)C(=O)C(=O)N2c2nnc(SCc3ccc(F)cc3)s2)cc1OC. The third kappa shape index (κ3) is 8.08. The van der Waals surface area contributed by atoms with Gasteiger partial charge in [0, 0.05) is 11.3 Å². The van der Waals surface area contributed by atoms with Crippen molar-refractivity contribution < 1.29 is 33.3 Å². The first-order valence-corrected chi connectivity index (χ1v) is 18.2. The molecule has 1 N–H and O–H groups in total. The molecule has 0 spiro atoms. The molecule has 262 valence electrons. The van der Waals surface area contributed by atoms with Crippen LogP contribution in [0.2, 0.25) is 0 Å². The van der Waals surface area contributed by atoms with Gasteiger partial charge in [-0.05, 0) is 84.1 Å². The Labute approximate surface area is 303 Å². The molecule has 9 nitrogen and oxygen atoms in total. The van der Waals surface area contributed by atoms with Crippen LogP contribution in [0.25, 0.3) is 5.76 Å². The monoisotopic (exact) mass is 725 g/mol. The number of methoxy groups -OCH3 is 1. The molecule has 1 unspecified atom stereocenters. The molecule has 1 aliphatic rings. The molecule has 6 rings (SSSR count). The fraction of sp³-hybridized carbons (Fsp3) is 0.231. The topological polar surface area (TPSA) is 111 Å². The summed E-state index contributed by atoms with van der Waals surface area (Å²) >= 11 is 2.52. The zero-order chi connectivity index (χ0) is 35.9. The van der Waals surface area contributed by atoms with Crippen LogP contribution in [0.15, 0.2) is 101 Å². The van der Waals surface area contributed by atoms with E-state index in [9.17, 15) is 19.1 Å². The highest BCUT2D eigenvalue weighted by Gasteiger charge is 2.48. The number of ketones is 1. The number of aromatic nitrogens is 2. The molecule has 2 heterocycles. The standard InChI is InChI=1S/C39H36FN3O6S2/c1-4-5-20-48-31-19-14-27(21-32(31)47-3)34-33(35(44)26-12-17-30(18-13-26)49-22-28-9-7-6-8-24(28)2)36(45)37(46)43(34)38-41-42-39(51-38)50-23-25-10-15-29(40)16-11-25/h6-19,21,34,44H,4-5,20,22-23H2,1-3H3/b35-33+. The van der Waals surface area contributed by atoms with Gasteiger partial charge in [0.2, 0.25) is 5.13 Å². The molecule has 0 aliphatic carbocycles. The van der Waals surface area contributed by atoms with Crippen LogP contribution in [0.4, 0.5) is 9.52 Å². The van der Waals surface area contributed by atoms with E-state index in [1.807, 2.05) is 31.2 Å². The van der Waals surface area contributed by atoms with E-state index in [1.165, 1.54) is 35.9 Å². The minimum atomic E-state index is -1.05. The molecule has 0 radical (unpaired) electrons. The summed E-state index contributed by atoms with van der Waals surface area (Å²) < 4.78 is 31.5. The summed E-state index contributed by atoms with van der Waals surface area (Å²) in [5.41, 5.74) is 3.78. The van der Waals surface area contributed by atoms with Crippen molar-refractivity contribution in [3.8, 4) is 17.2 Å². The average molecular weight is 726 g/mol. The number of aliphatic hydroxyl groups is 1. The van der Waals surface area contributed by atoms with E-state index >= 15 is 0 Å². The third-order valence-electron chi connectivity index (χ3n) is 8.36. The molecule has 1 aromatic heterocycles. The number of Topliss-reactive ketones (excluding diaryl/α,β-unsaturated/α-hetero) is 1. The van der Waals surface area contributed by atoms with Crippen molar-refractivity contribution in [1.82, 2.24) is 10.2 Å². The first kappa shape index (κ1) is 35.6. The maximum Gasteiger partial charge on any atom is 0.301 e. The lowest BCUT2D eigenvalue weighted by atomic mass is 9.95. The molecule has 4 aromatic carbocycles. The first-order chi connectivity index (χ1) is 24.8. The molecule has 0 saturated carbocycles. The fourth-order valence-corrected chi connectivity index (χ4v) is 7.35. The molecule has 1 atom stereocenters. The zero-order valence-corrected chi connectivity index (χ0v) is 29.9. The maximum atomic E-state index is 13.8. The molecule has 0 bridgehead atoms. The van der Waals surface area contributed by atoms with Gasteiger partial charge in [0.15, 0.2) is 15.8 Å². The normalized spacial score (nSPS) is 15.3. The number of amides is 1. The van der Waals surface area contributed by atoms with Crippen LogP contribution in [0.1, 0.15) is 53.6 Å². The van der Waals surface area contributed by atoms with Gasteiger partial charge >= 0.3 is 5.91 Å². The number of carbonyl (C=O) groups excluding carboxylic acids is 2. The smallest absolute Gasteiger partial charge is 0.301 e. The minimum Gasteiger partial charge on any atom is -0.507 e. The lowest BCUT2D eigenvalue weighted by Gasteiger charge is -2.23. The number of thioether (sulfide) groups is 1. The quantitative estimate of drug-likeness (QED) is 0.0300. The van der Waals surface area contributed by atoms with E-state index in [0.29, 0.717) is 51.7 Å². The molecule has 1 aliphatic heterocycles. The van der Waals surface area contributed by atoms with Gasteiger partial charge < -0.3 is 19.3 Å². The van der Waals surface area contributed by atoms with Gasteiger partial charge in [0.05, 0.1) is 25.3 Å². The Balaban J connectivity index is 1.34. The van der Waals surface area contributed by atoms with Crippen molar-refractivity contribution in [2.24, 2.45) is 0 Å². The number of hydrogen-bond donors (Lipinski definition) is 1. The van der Waals surface area contributed by atoms with Crippen LogP contribution in [0, 0.1) is 12.7 Å². The highest BCUT2D eigenvalue weighted by atomic mass is 32.2. The van der Waals surface area contributed by atoms with Crippen LogP contribution in [-0.2, 0) is 21.9 Å². The summed E-state index contributed by atoms with van der Waals surface area (Å²) in [5, 5.41) is 20.5. The number of benzene rings is 4. The van der Waals surface area contributed by atoms with Crippen molar-refractivity contribution in [3.05, 3.63) is 130 Å². The van der Waals surface area contributed by atoms with Crippen molar-refractivity contribution in [2.45, 2.75) is 49.4 Å². The van der Waals surface area contributed by atoms with Gasteiger partial charge in [0.1, 0.15) is 23.9 Å². The second-order valence-corrected chi connectivity index (χ2v) is 14.0. The summed E-state index contributed by atoms with van der Waals surface area (Å²) in [7, 11) is 1.51. The molecule has 1 amide bonds. The fourth-order valence-electron chi connectivity index (χ4n) is 5.53. The summed E-state index contributed by atoms with van der Waals surface area (Å²) in [6.45, 7) is 4.95. The predicted molar refractivity (Wildman–Crippen MR) is 196 cm³/mol. The van der Waals surface area contributed by atoms with Gasteiger partial charge in [-0.1, -0.05) is 78.9 Å². The van der Waals surface area contributed by atoms with Gasteiger partial charge in [-0.2, -0.15) is 0 Å². The van der Waals surface area contributed by atoms with Gasteiger partial charge in [-0.3, -0.25) is 14.5 Å². The summed E-state index contributed by atoms with van der Waals surface area (Å²) in [6, 6.07) is 24.9. The van der Waals surface area contributed by atoms with Crippen LogP contribution in [0.5, 0.6) is 17.2 Å². The van der Waals surface area contributed by atoms with Crippen molar-refractivity contribution in [2.75, 3.05) is 18.6 Å². The highest BCUT2D eigenvalue weighted by molar-refractivity contribution is 8.00. The Morgan fingerprint density at radius 3 is 2.45 bits per heavy atom. The average Bonchev–Trinajstić information content (AvgIpc) is 3.72. The van der Waals surface area contributed by atoms with Crippen LogP contribution in [0.3, 0.4) is 0 Å². The number of hydrogen-bond acceptors (Lipinski definition) is 10. The Morgan fingerprint density at radius 1 is 0.961 bits per heavy atom. The number of halogens is 1. The molecule has 1 saturated heterocycles. The number of rotatable bonds is 14. The van der Waals surface area contributed by atoms with E-state index in [4.69, 9.17) is 14.2 Å². The van der Waals surface area contributed by atoms with E-state index in [2.05, 4.69) is 17.1 Å². The molecule has 1 fully saturated rings. The molecule has 51 heavy (non-hydrogen) atoms. The molecular formula is C39H36FN3O6S2. The minimum absolute atomic E-state index is 0.106. The van der Waals surface area contributed by atoms with Crippen LogP contribution < -0.4 is 19.1 Å². The molecule has 12 heteroatoms. The number of carbonyl (C=O) groups is 2. The Kier molecular flexibility index (Phi) is 11.3. The number of anilines is 1. The lowest BCUT2D eigenvalue weighted by Crippen LogP contribution is -2.29. The van der Waals surface area contributed by atoms with E-state index < -0.39 is 17.7 Å². The van der Waals surface area contributed by atoms with Crippen molar-refractivity contribution >= 4 is 45.7 Å². The first-order valence-electron chi connectivity index (χ1n) is 16.4. The number of aliphatic hydroxyl groups excluding tert-OH is 1. The number of ether oxygens (including phenoxy) is 3. The van der Waals surface area contributed by atoms with Crippen LogP contribution >= 0.6 is 23.1 Å². The predicted octanol–water partition coefficient (Wildman–Crippen LogP) is 8.67. The largest absolute Gasteiger partial charge is 0.507 e. The Bertz CT molecular complexity index is 2050. The van der Waals surface area contributed by atoms with Gasteiger partial charge in [0.25, 0.3) is 5.78 Å². The molecular weight excluding hydrogens is 690 g/mol. The maximum absolute atomic E-state index is 13.8. The summed E-state index contributed by atoms with van der Waals surface area (Å²) in [4.78, 5) is 28.9. The highest BCUT2D eigenvalue weighted by Crippen LogP contribution is 2.45. The lowest BCUT2D eigenvalue weighted by molar-refractivity contribution is -0.132.